The SMILES string of the molecule is COC(=O)C1CC(C)=CN1. The minimum Gasteiger partial charge on any atom is -0.467 e. The van der Waals surface area contributed by atoms with Crippen LogP contribution < -0.4 is 5.32 Å². The maximum absolute atomic E-state index is 10.8. The molecule has 0 spiro atoms. The fourth-order valence-corrected chi connectivity index (χ4v) is 0.976. The summed E-state index contributed by atoms with van der Waals surface area (Å²) >= 11 is 0. The Morgan fingerprint density at radius 1 is 1.90 bits per heavy atom. The molecule has 3 nitrogen and oxygen atoms in total. The third-order valence-electron chi connectivity index (χ3n) is 1.54. The topological polar surface area (TPSA) is 38.3 Å². The predicted octanol–water partition coefficient (Wildman–Crippen LogP) is 0.425. The molecule has 0 saturated heterocycles. The number of methoxy groups -OCH3 is 1. The van der Waals surface area contributed by atoms with E-state index in [-0.39, 0.29) is 12.0 Å². The first-order chi connectivity index (χ1) is 4.74. The number of hydrogen-bond donors (Lipinski definition) is 1. The summed E-state index contributed by atoms with van der Waals surface area (Å²) in [5, 5.41) is 2.92. The maximum atomic E-state index is 10.8. The van der Waals surface area contributed by atoms with Crippen molar-refractivity contribution in [2.75, 3.05) is 7.11 Å². The second-order valence-corrected chi connectivity index (χ2v) is 2.44. The van der Waals surface area contributed by atoms with Crippen LogP contribution in [0.3, 0.4) is 0 Å². The summed E-state index contributed by atoms with van der Waals surface area (Å²) in [6.07, 6.45) is 2.62. The molecule has 1 N–H and O–H groups in total. The van der Waals surface area contributed by atoms with Gasteiger partial charge in [-0.2, -0.15) is 0 Å². The first kappa shape index (κ1) is 7.12. The smallest absolute Gasteiger partial charge is 0.328 e. The molecule has 1 rings (SSSR count). The van der Waals surface area contributed by atoms with E-state index >= 15 is 0 Å². The largest absolute Gasteiger partial charge is 0.467 e. The number of carbonyl (C=O) groups excluding carboxylic acids is 1. The first-order valence-electron chi connectivity index (χ1n) is 3.23. The number of hydrogen-bond acceptors (Lipinski definition) is 3. The molecule has 0 saturated carbocycles. The molecule has 0 bridgehead atoms. The Morgan fingerprint density at radius 2 is 2.60 bits per heavy atom. The molecule has 56 valence electrons. The van der Waals surface area contributed by atoms with E-state index in [1.54, 1.807) is 0 Å². The molecule has 1 aliphatic rings. The van der Waals surface area contributed by atoms with E-state index in [9.17, 15) is 4.79 Å². The Hall–Kier alpha value is -0.990. The highest BCUT2D eigenvalue weighted by atomic mass is 16.5. The Kier molecular flexibility index (Phi) is 1.94. The van der Waals surface area contributed by atoms with Crippen LogP contribution in [-0.4, -0.2) is 19.1 Å². The maximum Gasteiger partial charge on any atom is 0.328 e. The van der Waals surface area contributed by atoms with Crippen LogP contribution in [-0.2, 0) is 9.53 Å². The molecule has 0 aromatic heterocycles. The van der Waals surface area contributed by atoms with Gasteiger partial charge in [0.25, 0.3) is 0 Å². The van der Waals surface area contributed by atoms with Crippen LogP contribution in [0.5, 0.6) is 0 Å². The monoisotopic (exact) mass is 141 g/mol. The first-order valence-corrected chi connectivity index (χ1v) is 3.23. The van der Waals surface area contributed by atoms with Gasteiger partial charge in [0.2, 0.25) is 0 Å². The van der Waals surface area contributed by atoms with Gasteiger partial charge in [-0.15, -0.1) is 0 Å². The molecule has 1 unspecified atom stereocenters. The van der Waals surface area contributed by atoms with E-state index in [2.05, 4.69) is 10.1 Å². The fraction of sp³-hybridized carbons (Fsp3) is 0.571. The van der Waals surface area contributed by atoms with Gasteiger partial charge in [0.05, 0.1) is 7.11 Å². The molecule has 3 heteroatoms. The Morgan fingerprint density at radius 3 is 3.00 bits per heavy atom. The van der Waals surface area contributed by atoms with Crippen molar-refractivity contribution in [1.29, 1.82) is 0 Å². The summed E-state index contributed by atoms with van der Waals surface area (Å²) in [5.74, 6) is -0.187. The lowest BCUT2D eigenvalue weighted by Crippen LogP contribution is -2.30. The van der Waals surface area contributed by atoms with Gasteiger partial charge < -0.3 is 10.1 Å². The van der Waals surface area contributed by atoms with Crippen molar-refractivity contribution in [1.82, 2.24) is 5.32 Å². The average Bonchev–Trinajstić information content (AvgIpc) is 2.34. The minimum atomic E-state index is -0.187. The zero-order valence-electron chi connectivity index (χ0n) is 6.18. The van der Waals surface area contributed by atoms with Gasteiger partial charge in [-0.3, -0.25) is 0 Å². The molecule has 0 aliphatic carbocycles. The lowest BCUT2D eigenvalue weighted by atomic mass is 10.2. The molecule has 1 aliphatic heterocycles. The molecular weight excluding hydrogens is 130 g/mol. The summed E-state index contributed by atoms with van der Waals surface area (Å²) in [6, 6.07) is -0.148. The second kappa shape index (κ2) is 2.73. The van der Waals surface area contributed by atoms with E-state index in [4.69, 9.17) is 0 Å². The fourth-order valence-electron chi connectivity index (χ4n) is 0.976. The van der Waals surface area contributed by atoms with Gasteiger partial charge in [-0.05, 0) is 13.1 Å². The van der Waals surface area contributed by atoms with Crippen LogP contribution in [0.2, 0.25) is 0 Å². The summed E-state index contributed by atoms with van der Waals surface area (Å²) in [5.41, 5.74) is 1.19. The predicted molar refractivity (Wildman–Crippen MR) is 37.3 cm³/mol. The van der Waals surface area contributed by atoms with Crippen LogP contribution in [0.25, 0.3) is 0 Å². The van der Waals surface area contributed by atoms with Crippen molar-refractivity contribution in [2.45, 2.75) is 19.4 Å². The standard InChI is InChI=1S/C7H11NO2/c1-5-3-6(8-4-5)7(9)10-2/h4,6,8H,3H2,1-2H3. The molecular formula is C7H11NO2. The van der Waals surface area contributed by atoms with Crippen molar-refractivity contribution in [3.8, 4) is 0 Å². The van der Waals surface area contributed by atoms with Crippen LogP contribution in [0.1, 0.15) is 13.3 Å². The lowest BCUT2D eigenvalue weighted by Gasteiger charge is -2.06. The Labute approximate surface area is 60.1 Å². The van der Waals surface area contributed by atoms with Crippen molar-refractivity contribution < 1.29 is 9.53 Å². The highest BCUT2D eigenvalue weighted by molar-refractivity contribution is 5.76. The van der Waals surface area contributed by atoms with Crippen LogP contribution in [0.15, 0.2) is 11.8 Å². The molecule has 1 atom stereocenters. The highest BCUT2D eigenvalue weighted by Crippen LogP contribution is 2.11. The molecule has 0 aromatic rings. The number of rotatable bonds is 1. The number of carbonyl (C=O) groups is 1. The van der Waals surface area contributed by atoms with Gasteiger partial charge in [0.1, 0.15) is 6.04 Å². The summed E-state index contributed by atoms with van der Waals surface area (Å²) < 4.78 is 4.55. The summed E-state index contributed by atoms with van der Waals surface area (Å²) in [7, 11) is 1.40. The molecule has 0 aromatic carbocycles. The minimum absolute atomic E-state index is 0.148. The highest BCUT2D eigenvalue weighted by Gasteiger charge is 2.21. The molecule has 0 radical (unpaired) electrons. The number of ether oxygens (including phenoxy) is 1. The molecule has 0 fully saturated rings. The van der Waals surface area contributed by atoms with Crippen LogP contribution in [0.4, 0.5) is 0 Å². The van der Waals surface area contributed by atoms with Crippen molar-refractivity contribution in [2.24, 2.45) is 0 Å². The Bertz CT molecular complexity index is 174. The lowest BCUT2D eigenvalue weighted by molar-refractivity contribution is -0.142. The third kappa shape index (κ3) is 1.29. The van der Waals surface area contributed by atoms with Crippen LogP contribution in [0, 0.1) is 0 Å². The number of esters is 1. The zero-order chi connectivity index (χ0) is 7.56. The van der Waals surface area contributed by atoms with E-state index in [1.807, 2.05) is 13.1 Å². The van der Waals surface area contributed by atoms with Crippen molar-refractivity contribution >= 4 is 5.97 Å². The van der Waals surface area contributed by atoms with E-state index in [0.717, 1.165) is 6.42 Å². The zero-order valence-corrected chi connectivity index (χ0v) is 6.18. The molecule has 1 heterocycles. The van der Waals surface area contributed by atoms with Gasteiger partial charge in [0.15, 0.2) is 0 Å². The van der Waals surface area contributed by atoms with E-state index in [1.165, 1.54) is 12.7 Å². The summed E-state index contributed by atoms with van der Waals surface area (Å²) in [4.78, 5) is 10.8. The quantitative estimate of drug-likeness (QED) is 0.538. The molecule has 10 heavy (non-hydrogen) atoms. The van der Waals surface area contributed by atoms with Crippen LogP contribution >= 0.6 is 0 Å². The van der Waals surface area contributed by atoms with Gasteiger partial charge in [0, 0.05) is 6.42 Å². The normalized spacial score (nSPS) is 23.4. The van der Waals surface area contributed by atoms with Crippen molar-refractivity contribution in [3.63, 3.8) is 0 Å². The third-order valence-corrected chi connectivity index (χ3v) is 1.54. The van der Waals surface area contributed by atoms with E-state index < -0.39 is 0 Å². The van der Waals surface area contributed by atoms with Gasteiger partial charge >= 0.3 is 5.97 Å². The van der Waals surface area contributed by atoms with Gasteiger partial charge in [-0.1, -0.05) is 5.57 Å². The summed E-state index contributed by atoms with van der Waals surface area (Å²) in [6.45, 7) is 1.98. The Balaban J connectivity index is 2.42. The second-order valence-electron chi connectivity index (χ2n) is 2.44. The average molecular weight is 141 g/mol. The van der Waals surface area contributed by atoms with Gasteiger partial charge in [-0.25, -0.2) is 4.79 Å². The number of nitrogens with one attached hydrogen (secondary N) is 1. The van der Waals surface area contributed by atoms with Crippen molar-refractivity contribution in [3.05, 3.63) is 11.8 Å². The molecule has 0 amide bonds. The van der Waals surface area contributed by atoms with E-state index in [0.29, 0.717) is 0 Å².